The van der Waals surface area contributed by atoms with Crippen molar-refractivity contribution in [2.75, 3.05) is 32.8 Å². The van der Waals surface area contributed by atoms with Crippen molar-refractivity contribution < 1.29 is 23.8 Å². The fourth-order valence-corrected chi connectivity index (χ4v) is 3.09. The Kier molecular flexibility index (Phi) is 4.98. The number of fused-ring (bicyclic) bond motifs is 1. The summed E-state index contributed by atoms with van der Waals surface area (Å²) in [4.78, 5) is 28.6. The molecule has 0 bridgehead atoms. The molecule has 1 saturated heterocycles. The zero-order valence-corrected chi connectivity index (χ0v) is 15.8. The van der Waals surface area contributed by atoms with Crippen LogP contribution in [0, 0.1) is 0 Å². The van der Waals surface area contributed by atoms with Gasteiger partial charge in [-0.2, -0.15) is 0 Å². The van der Waals surface area contributed by atoms with E-state index in [0.717, 1.165) is 0 Å². The molecule has 0 aromatic heterocycles. The molecule has 0 spiro atoms. The predicted molar refractivity (Wildman–Crippen MR) is 95.7 cm³/mol. The normalized spacial score (nSPS) is 19.9. The Balaban J connectivity index is 1.65. The van der Waals surface area contributed by atoms with Crippen LogP contribution in [0.3, 0.4) is 0 Å². The van der Waals surface area contributed by atoms with Crippen molar-refractivity contribution in [2.24, 2.45) is 0 Å². The van der Waals surface area contributed by atoms with Gasteiger partial charge in [0.2, 0.25) is 0 Å². The van der Waals surface area contributed by atoms with Gasteiger partial charge in [-0.3, -0.25) is 4.79 Å². The second-order valence-electron chi connectivity index (χ2n) is 7.63. The third kappa shape index (κ3) is 4.03. The van der Waals surface area contributed by atoms with Crippen molar-refractivity contribution >= 4 is 12.0 Å². The Labute approximate surface area is 153 Å². The van der Waals surface area contributed by atoms with Gasteiger partial charge in [-0.25, -0.2) is 4.79 Å². The Hall–Kier alpha value is -2.44. The highest BCUT2D eigenvalue weighted by Gasteiger charge is 2.33. The summed E-state index contributed by atoms with van der Waals surface area (Å²) in [6, 6.07) is 5.13. The van der Waals surface area contributed by atoms with Gasteiger partial charge in [-0.05, 0) is 45.9 Å². The molecule has 2 amide bonds. The second kappa shape index (κ2) is 7.05. The number of carbonyl (C=O) groups excluding carboxylic acids is 2. The number of hydrogen-bond acceptors (Lipinski definition) is 5. The minimum atomic E-state index is -0.533. The first-order chi connectivity index (χ1) is 12.2. The first kappa shape index (κ1) is 18.4. The Bertz CT molecular complexity index is 698. The maximum Gasteiger partial charge on any atom is 0.410 e. The quantitative estimate of drug-likeness (QED) is 0.768. The first-order valence-corrected chi connectivity index (χ1v) is 8.93. The molecular formula is C19H26N2O5. The Morgan fingerprint density at radius 2 is 1.81 bits per heavy atom. The summed E-state index contributed by atoms with van der Waals surface area (Å²) in [7, 11) is 0. The summed E-state index contributed by atoms with van der Waals surface area (Å²) >= 11 is 0. The summed E-state index contributed by atoms with van der Waals surface area (Å²) in [5, 5.41) is 0. The Morgan fingerprint density at radius 3 is 2.46 bits per heavy atom. The Morgan fingerprint density at radius 1 is 1.12 bits per heavy atom. The minimum absolute atomic E-state index is 0.0716. The van der Waals surface area contributed by atoms with Crippen LogP contribution in [0.15, 0.2) is 18.2 Å². The van der Waals surface area contributed by atoms with Crippen molar-refractivity contribution in [2.45, 2.75) is 39.3 Å². The lowest BCUT2D eigenvalue weighted by atomic mass is 10.1. The molecule has 1 fully saturated rings. The molecule has 0 saturated carbocycles. The topological polar surface area (TPSA) is 68.3 Å². The van der Waals surface area contributed by atoms with Gasteiger partial charge < -0.3 is 24.0 Å². The van der Waals surface area contributed by atoms with Crippen LogP contribution in [0.25, 0.3) is 0 Å². The SMILES string of the molecule is C[C@@H]1CN(C(=O)c2ccc3c(c2)OCCO3)CCN1C(=O)OC(C)(C)C. The van der Waals surface area contributed by atoms with E-state index in [4.69, 9.17) is 14.2 Å². The van der Waals surface area contributed by atoms with Crippen LogP contribution in [0.5, 0.6) is 11.5 Å². The van der Waals surface area contributed by atoms with Crippen LogP contribution < -0.4 is 9.47 Å². The monoisotopic (exact) mass is 362 g/mol. The van der Waals surface area contributed by atoms with E-state index in [9.17, 15) is 9.59 Å². The molecule has 2 heterocycles. The van der Waals surface area contributed by atoms with E-state index < -0.39 is 5.60 Å². The van der Waals surface area contributed by atoms with Gasteiger partial charge in [0, 0.05) is 31.2 Å². The molecule has 2 aliphatic rings. The molecule has 7 nitrogen and oxygen atoms in total. The highest BCUT2D eigenvalue weighted by atomic mass is 16.6. The zero-order valence-electron chi connectivity index (χ0n) is 15.8. The highest BCUT2D eigenvalue weighted by molar-refractivity contribution is 5.95. The highest BCUT2D eigenvalue weighted by Crippen LogP contribution is 2.31. The summed E-state index contributed by atoms with van der Waals surface area (Å²) in [5.74, 6) is 1.19. The maximum absolute atomic E-state index is 12.8. The fourth-order valence-electron chi connectivity index (χ4n) is 3.09. The number of nitrogens with zero attached hydrogens (tertiary/aromatic N) is 2. The molecule has 0 aliphatic carbocycles. The van der Waals surface area contributed by atoms with E-state index in [2.05, 4.69) is 0 Å². The minimum Gasteiger partial charge on any atom is -0.486 e. The average Bonchev–Trinajstić information content (AvgIpc) is 2.59. The van der Waals surface area contributed by atoms with Crippen LogP contribution in [-0.2, 0) is 4.74 Å². The molecule has 1 atom stereocenters. The molecule has 1 aromatic rings. The van der Waals surface area contributed by atoms with Crippen LogP contribution in [-0.4, -0.2) is 66.3 Å². The van der Waals surface area contributed by atoms with Crippen LogP contribution in [0.4, 0.5) is 4.79 Å². The first-order valence-electron chi connectivity index (χ1n) is 8.93. The van der Waals surface area contributed by atoms with Gasteiger partial charge in [0.15, 0.2) is 11.5 Å². The molecule has 26 heavy (non-hydrogen) atoms. The van der Waals surface area contributed by atoms with Crippen molar-refractivity contribution in [3.05, 3.63) is 23.8 Å². The number of carbonyl (C=O) groups is 2. The van der Waals surface area contributed by atoms with Gasteiger partial charge in [-0.1, -0.05) is 0 Å². The zero-order chi connectivity index (χ0) is 18.9. The summed E-state index contributed by atoms with van der Waals surface area (Å²) in [6.07, 6.45) is -0.337. The van der Waals surface area contributed by atoms with E-state index in [0.29, 0.717) is 49.9 Å². The van der Waals surface area contributed by atoms with Gasteiger partial charge in [0.1, 0.15) is 18.8 Å². The predicted octanol–water partition coefficient (Wildman–Crippen LogP) is 2.54. The fraction of sp³-hybridized carbons (Fsp3) is 0.579. The lowest BCUT2D eigenvalue weighted by Crippen LogP contribution is -2.56. The van der Waals surface area contributed by atoms with E-state index in [-0.39, 0.29) is 18.0 Å². The van der Waals surface area contributed by atoms with Crippen molar-refractivity contribution in [1.82, 2.24) is 9.80 Å². The van der Waals surface area contributed by atoms with E-state index in [1.807, 2.05) is 27.7 Å². The molecule has 142 valence electrons. The molecule has 2 aliphatic heterocycles. The van der Waals surface area contributed by atoms with Crippen LogP contribution >= 0.6 is 0 Å². The smallest absolute Gasteiger partial charge is 0.410 e. The van der Waals surface area contributed by atoms with Gasteiger partial charge in [-0.15, -0.1) is 0 Å². The number of piperazine rings is 1. The molecule has 0 N–H and O–H groups in total. The standard InChI is InChI=1S/C19H26N2O5/c1-13-12-20(7-8-21(13)18(23)26-19(2,3)4)17(22)14-5-6-15-16(11-14)25-10-9-24-15/h5-6,11,13H,7-10,12H2,1-4H3/t13-/m1/s1. The van der Waals surface area contributed by atoms with Crippen LogP contribution in [0.2, 0.25) is 0 Å². The van der Waals surface area contributed by atoms with Crippen molar-refractivity contribution in [3.63, 3.8) is 0 Å². The molecule has 7 heteroatoms. The van der Waals surface area contributed by atoms with Crippen molar-refractivity contribution in [3.8, 4) is 11.5 Å². The van der Waals surface area contributed by atoms with Gasteiger partial charge in [0.25, 0.3) is 5.91 Å². The molecule has 0 unspecified atom stereocenters. The number of benzene rings is 1. The van der Waals surface area contributed by atoms with E-state index in [1.54, 1.807) is 28.0 Å². The third-order valence-corrected chi connectivity index (χ3v) is 4.33. The molecular weight excluding hydrogens is 336 g/mol. The van der Waals surface area contributed by atoms with E-state index in [1.165, 1.54) is 0 Å². The van der Waals surface area contributed by atoms with E-state index >= 15 is 0 Å². The maximum atomic E-state index is 12.8. The largest absolute Gasteiger partial charge is 0.486 e. The van der Waals surface area contributed by atoms with Crippen molar-refractivity contribution in [1.29, 1.82) is 0 Å². The lowest BCUT2D eigenvalue weighted by molar-refractivity contribution is 0.00198. The summed E-state index contributed by atoms with van der Waals surface area (Å²) in [5.41, 5.74) is 0.0294. The van der Waals surface area contributed by atoms with Gasteiger partial charge in [0.05, 0.1) is 0 Å². The third-order valence-electron chi connectivity index (χ3n) is 4.33. The summed E-state index contributed by atoms with van der Waals surface area (Å²) < 4.78 is 16.5. The molecule has 1 aromatic carbocycles. The van der Waals surface area contributed by atoms with Gasteiger partial charge >= 0.3 is 6.09 Å². The second-order valence-corrected chi connectivity index (χ2v) is 7.63. The number of ether oxygens (including phenoxy) is 3. The average molecular weight is 362 g/mol. The number of rotatable bonds is 1. The number of amides is 2. The van der Waals surface area contributed by atoms with Crippen LogP contribution in [0.1, 0.15) is 38.1 Å². The molecule has 0 radical (unpaired) electrons. The summed E-state index contributed by atoms with van der Waals surface area (Å²) in [6.45, 7) is 9.84. The lowest BCUT2D eigenvalue weighted by Gasteiger charge is -2.40. The number of hydrogen-bond donors (Lipinski definition) is 0. The molecule has 3 rings (SSSR count).